The van der Waals surface area contributed by atoms with Gasteiger partial charge in [0.15, 0.2) is 5.43 Å². The van der Waals surface area contributed by atoms with Crippen molar-refractivity contribution in [2.75, 3.05) is 13.1 Å². The molecule has 0 unspecified atom stereocenters. The third kappa shape index (κ3) is 3.31. The number of aliphatic hydroxyl groups excluding tert-OH is 1. The van der Waals surface area contributed by atoms with Gasteiger partial charge in [-0.1, -0.05) is 6.07 Å². The molecule has 1 aliphatic heterocycles. The van der Waals surface area contributed by atoms with Gasteiger partial charge in [0, 0.05) is 49.1 Å². The predicted octanol–water partition coefficient (Wildman–Crippen LogP) is 1.13. The molecule has 7 nitrogen and oxygen atoms in total. The molecule has 3 heterocycles. The van der Waals surface area contributed by atoms with Gasteiger partial charge < -0.3 is 15.0 Å². The molecule has 0 saturated carbocycles. The second kappa shape index (κ2) is 6.88. The standard InChI is InChI=1S/C19H17FN4O3/c20-14-3-1-2-13-16(25)7-15(23-18(13)14)19(27)24-9-11(17(26)10-24)6-12-8-21-4-5-22-12/h1-5,7-8,11,17,26H,6,9-10H2,(H,23,25)/t11-,17-/m1/s1. The van der Waals surface area contributed by atoms with Crippen LogP contribution in [0.15, 0.2) is 47.7 Å². The fourth-order valence-electron chi connectivity index (χ4n) is 3.45. The van der Waals surface area contributed by atoms with Crippen molar-refractivity contribution in [1.29, 1.82) is 0 Å². The summed E-state index contributed by atoms with van der Waals surface area (Å²) in [7, 11) is 0. The molecule has 1 aliphatic rings. The lowest BCUT2D eigenvalue weighted by Gasteiger charge is -2.16. The molecule has 27 heavy (non-hydrogen) atoms. The predicted molar refractivity (Wildman–Crippen MR) is 95.7 cm³/mol. The summed E-state index contributed by atoms with van der Waals surface area (Å²) in [5, 5.41) is 10.5. The number of halogens is 1. The van der Waals surface area contributed by atoms with E-state index in [1.807, 2.05) is 0 Å². The average molecular weight is 368 g/mol. The van der Waals surface area contributed by atoms with Gasteiger partial charge in [-0.05, 0) is 18.6 Å². The van der Waals surface area contributed by atoms with E-state index in [-0.39, 0.29) is 29.1 Å². The fraction of sp³-hybridized carbons (Fsp3) is 0.263. The summed E-state index contributed by atoms with van der Waals surface area (Å²) in [6.07, 6.45) is 4.55. The first kappa shape index (κ1) is 17.3. The van der Waals surface area contributed by atoms with Gasteiger partial charge in [0.25, 0.3) is 5.91 Å². The van der Waals surface area contributed by atoms with Crippen molar-refractivity contribution in [3.05, 3.63) is 70.3 Å². The Morgan fingerprint density at radius 3 is 2.96 bits per heavy atom. The lowest BCUT2D eigenvalue weighted by atomic mass is 10.0. The van der Waals surface area contributed by atoms with E-state index in [0.29, 0.717) is 13.0 Å². The zero-order valence-electron chi connectivity index (χ0n) is 14.3. The number of benzene rings is 1. The number of fused-ring (bicyclic) bond motifs is 1. The smallest absolute Gasteiger partial charge is 0.270 e. The van der Waals surface area contributed by atoms with Crippen LogP contribution in [-0.4, -0.2) is 50.1 Å². The van der Waals surface area contributed by atoms with Crippen molar-refractivity contribution in [3.8, 4) is 0 Å². The Labute approximate surface area is 153 Å². The zero-order valence-corrected chi connectivity index (χ0v) is 14.3. The summed E-state index contributed by atoms with van der Waals surface area (Å²) in [6.45, 7) is 0.453. The summed E-state index contributed by atoms with van der Waals surface area (Å²) >= 11 is 0. The fourth-order valence-corrected chi connectivity index (χ4v) is 3.45. The van der Waals surface area contributed by atoms with E-state index in [1.54, 1.807) is 18.6 Å². The second-order valence-electron chi connectivity index (χ2n) is 6.65. The number of pyridine rings is 1. The number of aromatic amines is 1. The summed E-state index contributed by atoms with van der Waals surface area (Å²) in [5.74, 6) is -1.23. The summed E-state index contributed by atoms with van der Waals surface area (Å²) < 4.78 is 14.0. The number of nitrogens with one attached hydrogen (secondary N) is 1. The minimum Gasteiger partial charge on any atom is -0.391 e. The number of aromatic nitrogens is 3. The highest BCUT2D eigenvalue weighted by Crippen LogP contribution is 2.22. The molecule has 2 aromatic heterocycles. The number of hydrogen-bond donors (Lipinski definition) is 2. The molecule has 1 fully saturated rings. The zero-order chi connectivity index (χ0) is 19.0. The molecule has 138 valence electrons. The highest BCUT2D eigenvalue weighted by molar-refractivity contribution is 5.95. The van der Waals surface area contributed by atoms with Gasteiger partial charge in [0.2, 0.25) is 0 Å². The van der Waals surface area contributed by atoms with Crippen LogP contribution < -0.4 is 5.43 Å². The summed E-state index contributed by atoms with van der Waals surface area (Å²) in [5.41, 5.74) is 0.314. The van der Waals surface area contributed by atoms with Gasteiger partial charge in [0.05, 0.1) is 17.3 Å². The van der Waals surface area contributed by atoms with Gasteiger partial charge in [-0.15, -0.1) is 0 Å². The van der Waals surface area contributed by atoms with Crippen LogP contribution in [0.5, 0.6) is 0 Å². The van der Waals surface area contributed by atoms with Crippen molar-refractivity contribution < 1.29 is 14.3 Å². The van der Waals surface area contributed by atoms with Crippen LogP contribution in [0.25, 0.3) is 10.9 Å². The molecule has 0 spiro atoms. The Kier molecular flexibility index (Phi) is 4.41. The molecule has 1 aromatic carbocycles. The molecule has 3 aromatic rings. The number of H-pyrrole nitrogens is 1. The SMILES string of the molecule is O=C(c1cc(=O)c2cccc(F)c2[nH]1)N1C[C@@H](Cc2cnccn2)[C@H](O)C1. The molecule has 1 amide bonds. The summed E-state index contributed by atoms with van der Waals surface area (Å²) in [6, 6.07) is 5.35. The minimum absolute atomic E-state index is 0.00389. The maximum Gasteiger partial charge on any atom is 0.270 e. The Morgan fingerprint density at radius 2 is 2.19 bits per heavy atom. The molecule has 1 saturated heterocycles. The first-order valence-electron chi connectivity index (χ1n) is 8.56. The highest BCUT2D eigenvalue weighted by atomic mass is 19.1. The largest absolute Gasteiger partial charge is 0.391 e. The lowest BCUT2D eigenvalue weighted by Crippen LogP contribution is -2.31. The molecule has 4 rings (SSSR count). The Bertz CT molecular complexity index is 1050. The average Bonchev–Trinajstić information content (AvgIpc) is 3.03. The maximum atomic E-state index is 14.0. The molecule has 0 bridgehead atoms. The van der Waals surface area contributed by atoms with Crippen LogP contribution in [0.4, 0.5) is 4.39 Å². The number of nitrogens with zero attached hydrogens (tertiary/aromatic N) is 3. The Hall–Kier alpha value is -3.13. The van der Waals surface area contributed by atoms with Crippen molar-refractivity contribution in [3.63, 3.8) is 0 Å². The monoisotopic (exact) mass is 368 g/mol. The molecule has 0 aliphatic carbocycles. The van der Waals surface area contributed by atoms with E-state index in [0.717, 1.165) is 5.69 Å². The normalized spacial score (nSPS) is 19.6. The number of amides is 1. The lowest BCUT2D eigenvalue weighted by molar-refractivity contribution is 0.0759. The molecular weight excluding hydrogens is 351 g/mol. The minimum atomic E-state index is -0.708. The van der Waals surface area contributed by atoms with E-state index in [4.69, 9.17) is 0 Å². The van der Waals surface area contributed by atoms with Crippen LogP contribution in [0, 0.1) is 11.7 Å². The van der Waals surface area contributed by atoms with E-state index >= 15 is 0 Å². The first-order chi connectivity index (χ1) is 13.0. The number of para-hydroxylation sites is 1. The van der Waals surface area contributed by atoms with Gasteiger partial charge in [-0.25, -0.2) is 4.39 Å². The number of β-amino-alcohol motifs (C(OH)–C–C–N with tert-alkyl or cyclic N) is 1. The summed E-state index contributed by atoms with van der Waals surface area (Å²) in [4.78, 5) is 37.4. The first-order valence-corrected chi connectivity index (χ1v) is 8.56. The van der Waals surface area contributed by atoms with Gasteiger partial charge in [0.1, 0.15) is 11.5 Å². The van der Waals surface area contributed by atoms with E-state index in [2.05, 4.69) is 15.0 Å². The quantitative estimate of drug-likeness (QED) is 0.722. The van der Waals surface area contributed by atoms with Crippen molar-refractivity contribution in [1.82, 2.24) is 19.9 Å². The van der Waals surface area contributed by atoms with E-state index in [9.17, 15) is 19.1 Å². The van der Waals surface area contributed by atoms with Gasteiger partial charge in [-0.3, -0.25) is 19.6 Å². The molecule has 0 radical (unpaired) electrons. The van der Waals surface area contributed by atoms with Crippen LogP contribution in [0.2, 0.25) is 0 Å². The molecule has 2 N–H and O–H groups in total. The number of hydrogen-bond acceptors (Lipinski definition) is 5. The topological polar surface area (TPSA) is 99.2 Å². The number of carbonyl (C=O) groups excluding carboxylic acids is 1. The number of rotatable bonds is 3. The van der Waals surface area contributed by atoms with Gasteiger partial charge >= 0.3 is 0 Å². The maximum absolute atomic E-state index is 14.0. The second-order valence-corrected chi connectivity index (χ2v) is 6.65. The number of likely N-dealkylation sites (tertiary alicyclic amines) is 1. The Balaban J connectivity index is 1.57. The van der Waals surface area contributed by atoms with Crippen molar-refractivity contribution in [2.24, 2.45) is 5.92 Å². The van der Waals surface area contributed by atoms with Crippen LogP contribution in [-0.2, 0) is 6.42 Å². The third-order valence-electron chi connectivity index (χ3n) is 4.83. The third-order valence-corrected chi connectivity index (χ3v) is 4.83. The van der Waals surface area contributed by atoms with Gasteiger partial charge in [-0.2, -0.15) is 0 Å². The van der Waals surface area contributed by atoms with E-state index < -0.39 is 23.3 Å². The van der Waals surface area contributed by atoms with E-state index in [1.165, 1.54) is 29.2 Å². The van der Waals surface area contributed by atoms with Crippen molar-refractivity contribution >= 4 is 16.8 Å². The van der Waals surface area contributed by atoms with Crippen molar-refractivity contribution in [2.45, 2.75) is 12.5 Å². The van der Waals surface area contributed by atoms with Crippen LogP contribution in [0.3, 0.4) is 0 Å². The number of carbonyl (C=O) groups is 1. The molecular formula is C19H17FN4O3. The number of aliphatic hydroxyl groups is 1. The highest BCUT2D eigenvalue weighted by Gasteiger charge is 2.35. The molecule has 8 heteroatoms. The van der Waals surface area contributed by atoms with Crippen LogP contribution >= 0.6 is 0 Å². The molecule has 2 atom stereocenters. The van der Waals surface area contributed by atoms with Crippen LogP contribution in [0.1, 0.15) is 16.2 Å². The Morgan fingerprint density at radius 1 is 1.33 bits per heavy atom.